The Labute approximate surface area is 119 Å². The lowest BCUT2D eigenvalue weighted by molar-refractivity contribution is -0.140. The molecule has 0 saturated carbocycles. The van der Waals surface area contributed by atoms with Crippen LogP contribution in [-0.2, 0) is 6.18 Å². The van der Waals surface area contributed by atoms with Gasteiger partial charge in [-0.3, -0.25) is 4.79 Å². The molecule has 21 heavy (non-hydrogen) atoms. The molecule has 1 aromatic carbocycles. The van der Waals surface area contributed by atoms with Gasteiger partial charge in [0, 0.05) is 0 Å². The first kappa shape index (κ1) is 17.0. The average molecular weight is 302 g/mol. The van der Waals surface area contributed by atoms with Crippen molar-refractivity contribution in [2.75, 3.05) is 0 Å². The second kappa shape index (κ2) is 6.12. The summed E-state index contributed by atoms with van der Waals surface area (Å²) >= 11 is 0. The van der Waals surface area contributed by atoms with E-state index in [1.807, 2.05) is 6.07 Å². The van der Waals surface area contributed by atoms with Gasteiger partial charge < -0.3 is 5.32 Å². The normalized spacial score (nSPS) is 11.9. The SMILES string of the molecule is CCC(C#N)(CC)NC(=O)c1cccc(C(F)(F)F)c1F. The van der Waals surface area contributed by atoms with Crippen LogP contribution >= 0.6 is 0 Å². The largest absolute Gasteiger partial charge is 0.419 e. The first-order valence-corrected chi connectivity index (χ1v) is 6.30. The third kappa shape index (κ3) is 3.51. The van der Waals surface area contributed by atoms with Crippen molar-refractivity contribution in [3.05, 3.63) is 35.1 Å². The third-order valence-corrected chi connectivity index (χ3v) is 3.32. The van der Waals surface area contributed by atoms with E-state index in [1.54, 1.807) is 13.8 Å². The highest BCUT2D eigenvalue weighted by Crippen LogP contribution is 2.32. The Hall–Kier alpha value is -2.10. The molecule has 0 heterocycles. The molecule has 7 heteroatoms. The fourth-order valence-electron chi connectivity index (χ4n) is 1.82. The standard InChI is InChI=1S/C14H14F4N2O/c1-3-13(4-2,8-19)20-12(21)9-6-5-7-10(11(9)15)14(16,17)18/h5-7H,3-4H2,1-2H3,(H,20,21). The summed E-state index contributed by atoms with van der Waals surface area (Å²) in [6, 6.07) is 4.37. The van der Waals surface area contributed by atoms with Gasteiger partial charge in [-0.15, -0.1) is 0 Å². The maximum atomic E-state index is 13.8. The van der Waals surface area contributed by atoms with Gasteiger partial charge in [0.05, 0.1) is 17.2 Å². The van der Waals surface area contributed by atoms with E-state index in [0.717, 1.165) is 12.1 Å². The second-order valence-electron chi connectivity index (χ2n) is 4.52. The number of amides is 1. The van der Waals surface area contributed by atoms with Crippen molar-refractivity contribution in [3.8, 4) is 6.07 Å². The van der Waals surface area contributed by atoms with Crippen LogP contribution in [0.4, 0.5) is 17.6 Å². The molecule has 1 aromatic rings. The van der Waals surface area contributed by atoms with Crippen LogP contribution in [0.5, 0.6) is 0 Å². The zero-order chi connectivity index (χ0) is 16.3. The highest BCUT2D eigenvalue weighted by molar-refractivity contribution is 5.95. The van der Waals surface area contributed by atoms with Gasteiger partial charge in [0.2, 0.25) is 0 Å². The molecule has 0 aliphatic heterocycles. The van der Waals surface area contributed by atoms with E-state index in [-0.39, 0.29) is 12.8 Å². The Morgan fingerprint density at radius 1 is 1.29 bits per heavy atom. The summed E-state index contributed by atoms with van der Waals surface area (Å²) in [5, 5.41) is 11.4. The summed E-state index contributed by atoms with van der Waals surface area (Å²) in [5.41, 5.74) is -3.46. The predicted octanol–water partition coefficient (Wildman–Crippen LogP) is 3.66. The van der Waals surface area contributed by atoms with Crippen molar-refractivity contribution in [2.45, 2.75) is 38.4 Å². The summed E-state index contributed by atoms with van der Waals surface area (Å²) in [5.74, 6) is -2.68. The van der Waals surface area contributed by atoms with Gasteiger partial charge in [0.15, 0.2) is 0 Å². The summed E-state index contributed by atoms with van der Waals surface area (Å²) in [6.45, 7) is 3.30. The molecule has 0 unspecified atom stereocenters. The van der Waals surface area contributed by atoms with Crippen molar-refractivity contribution in [1.82, 2.24) is 5.32 Å². The molecule has 0 aliphatic carbocycles. The molecular formula is C14H14F4N2O. The second-order valence-corrected chi connectivity index (χ2v) is 4.52. The Morgan fingerprint density at radius 2 is 1.86 bits per heavy atom. The van der Waals surface area contributed by atoms with Crippen molar-refractivity contribution in [2.24, 2.45) is 0 Å². The number of rotatable bonds is 4. The topological polar surface area (TPSA) is 52.9 Å². The minimum absolute atomic E-state index is 0.256. The number of carbonyl (C=O) groups excluding carboxylic acids is 1. The number of alkyl halides is 3. The molecule has 0 atom stereocenters. The van der Waals surface area contributed by atoms with Crippen LogP contribution in [0.25, 0.3) is 0 Å². The molecule has 0 aliphatic rings. The van der Waals surface area contributed by atoms with Gasteiger partial charge in [-0.2, -0.15) is 18.4 Å². The number of nitrogens with zero attached hydrogens (tertiary/aromatic N) is 1. The maximum absolute atomic E-state index is 13.8. The van der Waals surface area contributed by atoms with E-state index < -0.39 is 34.6 Å². The highest BCUT2D eigenvalue weighted by Gasteiger charge is 2.36. The Morgan fingerprint density at radius 3 is 2.29 bits per heavy atom. The molecule has 0 radical (unpaired) electrons. The van der Waals surface area contributed by atoms with Crippen LogP contribution in [-0.4, -0.2) is 11.4 Å². The summed E-state index contributed by atoms with van der Waals surface area (Å²) in [4.78, 5) is 12.0. The van der Waals surface area contributed by atoms with E-state index in [1.165, 1.54) is 0 Å². The lowest BCUT2D eigenvalue weighted by atomic mass is 9.94. The molecule has 1 amide bonds. The number of carbonyl (C=O) groups is 1. The molecule has 0 fully saturated rings. The third-order valence-electron chi connectivity index (χ3n) is 3.32. The fraction of sp³-hybridized carbons (Fsp3) is 0.429. The van der Waals surface area contributed by atoms with Crippen molar-refractivity contribution in [3.63, 3.8) is 0 Å². The zero-order valence-electron chi connectivity index (χ0n) is 11.5. The minimum atomic E-state index is -4.89. The molecule has 1 N–H and O–H groups in total. The predicted molar refractivity (Wildman–Crippen MR) is 67.8 cm³/mol. The number of nitrogens with one attached hydrogen (secondary N) is 1. The Bertz CT molecular complexity index is 571. The molecule has 0 bridgehead atoms. The van der Waals surface area contributed by atoms with Crippen molar-refractivity contribution >= 4 is 5.91 Å². The molecule has 114 valence electrons. The van der Waals surface area contributed by atoms with Gasteiger partial charge in [0.25, 0.3) is 5.91 Å². The average Bonchev–Trinajstić information content (AvgIpc) is 2.43. The lowest BCUT2D eigenvalue weighted by Gasteiger charge is -2.25. The van der Waals surface area contributed by atoms with Gasteiger partial charge in [0.1, 0.15) is 11.4 Å². The first-order valence-electron chi connectivity index (χ1n) is 6.30. The summed E-state index contributed by atoms with van der Waals surface area (Å²) < 4.78 is 51.7. The Kier molecular flexibility index (Phi) is 4.94. The molecule has 0 aromatic heterocycles. The molecule has 0 spiro atoms. The zero-order valence-corrected chi connectivity index (χ0v) is 11.5. The van der Waals surface area contributed by atoms with E-state index in [0.29, 0.717) is 6.07 Å². The van der Waals surface area contributed by atoms with Crippen LogP contribution in [0, 0.1) is 17.1 Å². The number of halogens is 4. The quantitative estimate of drug-likeness (QED) is 0.863. The molecular weight excluding hydrogens is 288 g/mol. The number of hydrogen-bond donors (Lipinski definition) is 1. The smallest absolute Gasteiger partial charge is 0.334 e. The summed E-state index contributed by atoms with van der Waals surface area (Å²) in [6.07, 6.45) is -4.37. The van der Waals surface area contributed by atoms with Gasteiger partial charge in [-0.25, -0.2) is 4.39 Å². The minimum Gasteiger partial charge on any atom is -0.334 e. The van der Waals surface area contributed by atoms with E-state index in [9.17, 15) is 22.4 Å². The summed E-state index contributed by atoms with van der Waals surface area (Å²) in [7, 11) is 0. The van der Waals surface area contributed by atoms with Gasteiger partial charge in [-0.1, -0.05) is 19.9 Å². The van der Waals surface area contributed by atoms with Gasteiger partial charge in [-0.05, 0) is 25.0 Å². The van der Waals surface area contributed by atoms with Crippen LogP contribution in [0.15, 0.2) is 18.2 Å². The van der Waals surface area contributed by atoms with Crippen LogP contribution in [0.2, 0.25) is 0 Å². The van der Waals surface area contributed by atoms with Crippen LogP contribution < -0.4 is 5.32 Å². The maximum Gasteiger partial charge on any atom is 0.419 e. The monoisotopic (exact) mass is 302 g/mol. The number of hydrogen-bond acceptors (Lipinski definition) is 2. The lowest BCUT2D eigenvalue weighted by Crippen LogP contribution is -2.46. The Balaban J connectivity index is 3.19. The van der Waals surface area contributed by atoms with E-state index in [4.69, 9.17) is 5.26 Å². The van der Waals surface area contributed by atoms with Gasteiger partial charge >= 0.3 is 6.18 Å². The molecule has 3 nitrogen and oxygen atoms in total. The molecule has 0 saturated heterocycles. The first-order chi connectivity index (χ1) is 9.70. The van der Waals surface area contributed by atoms with Crippen LogP contribution in [0.1, 0.15) is 42.6 Å². The highest BCUT2D eigenvalue weighted by atomic mass is 19.4. The molecule has 1 rings (SSSR count). The van der Waals surface area contributed by atoms with Crippen molar-refractivity contribution in [1.29, 1.82) is 5.26 Å². The van der Waals surface area contributed by atoms with E-state index in [2.05, 4.69) is 5.32 Å². The van der Waals surface area contributed by atoms with Crippen LogP contribution in [0.3, 0.4) is 0 Å². The number of benzene rings is 1. The van der Waals surface area contributed by atoms with Crippen molar-refractivity contribution < 1.29 is 22.4 Å². The number of nitriles is 1. The fourth-order valence-corrected chi connectivity index (χ4v) is 1.82. The van der Waals surface area contributed by atoms with E-state index >= 15 is 0 Å².